The number of carbonyl (C=O) groups is 3. The number of anilines is 1. The lowest BCUT2D eigenvalue weighted by Gasteiger charge is -2.07. The molecule has 1 N–H and O–H groups in total. The first kappa shape index (κ1) is 23.5. The third-order valence-electron chi connectivity index (χ3n) is 4.92. The summed E-state index contributed by atoms with van der Waals surface area (Å²) >= 11 is 1.00. The number of hydrogen-bond acceptors (Lipinski definition) is 7. The number of methoxy groups -OCH3 is 1. The van der Waals surface area contributed by atoms with Crippen molar-refractivity contribution in [1.82, 2.24) is 4.57 Å². The zero-order valence-electron chi connectivity index (χ0n) is 18.5. The lowest BCUT2D eigenvalue weighted by atomic mass is 10.1. The maximum Gasteiger partial charge on any atom is 0.348 e. The number of carbonyl (C=O) groups excluding carboxylic acids is 3. The third-order valence-corrected chi connectivity index (χ3v) is 6.10. The van der Waals surface area contributed by atoms with Crippen LogP contribution in [-0.4, -0.2) is 49.3 Å². The highest BCUT2D eigenvalue weighted by Crippen LogP contribution is 2.34. The highest BCUT2D eigenvalue weighted by atomic mass is 32.1. The Kier molecular flexibility index (Phi) is 7.66. The number of aryl methyl sites for hydroxylation is 1. The molecule has 0 unspecified atom stereocenters. The minimum atomic E-state index is -0.599. The van der Waals surface area contributed by atoms with Crippen LogP contribution >= 0.6 is 11.3 Å². The first-order valence-corrected chi connectivity index (χ1v) is 11.0. The molecule has 1 aromatic carbocycles. The van der Waals surface area contributed by atoms with Crippen molar-refractivity contribution in [1.29, 1.82) is 0 Å². The van der Waals surface area contributed by atoms with Gasteiger partial charge in [-0.05, 0) is 31.0 Å². The molecule has 0 aliphatic rings. The van der Waals surface area contributed by atoms with E-state index in [1.54, 1.807) is 13.8 Å². The molecule has 8 nitrogen and oxygen atoms in total. The van der Waals surface area contributed by atoms with Gasteiger partial charge in [0.15, 0.2) is 0 Å². The summed E-state index contributed by atoms with van der Waals surface area (Å²) in [4.78, 5) is 38.1. The molecule has 32 heavy (non-hydrogen) atoms. The standard InChI is InChI=1S/C23H26N2O6S/c1-5-30-22(27)19-14(2)20(23(28)31-11-10-29-4)32-21(19)24-18(26)12-15-13-25(3)17-9-7-6-8-16(15)17/h6-9,13H,5,10-12H2,1-4H3,(H,24,26). The van der Waals surface area contributed by atoms with Gasteiger partial charge in [0.1, 0.15) is 16.5 Å². The van der Waals surface area contributed by atoms with E-state index < -0.39 is 11.9 Å². The second kappa shape index (κ2) is 10.4. The number of nitrogens with zero attached hydrogens (tertiary/aromatic N) is 1. The number of ether oxygens (including phenoxy) is 3. The van der Waals surface area contributed by atoms with Crippen LogP contribution in [0.5, 0.6) is 0 Å². The molecule has 0 radical (unpaired) electrons. The highest BCUT2D eigenvalue weighted by molar-refractivity contribution is 7.18. The van der Waals surface area contributed by atoms with Crippen LogP contribution < -0.4 is 5.32 Å². The van der Waals surface area contributed by atoms with Crippen molar-refractivity contribution in [2.75, 3.05) is 32.2 Å². The van der Waals surface area contributed by atoms with E-state index in [1.165, 1.54) is 7.11 Å². The lowest BCUT2D eigenvalue weighted by Crippen LogP contribution is -2.16. The van der Waals surface area contributed by atoms with Crippen molar-refractivity contribution in [2.45, 2.75) is 20.3 Å². The van der Waals surface area contributed by atoms with Gasteiger partial charge in [-0.3, -0.25) is 4.79 Å². The Morgan fingerprint density at radius 2 is 1.84 bits per heavy atom. The number of benzene rings is 1. The molecule has 0 saturated heterocycles. The maximum atomic E-state index is 12.9. The minimum absolute atomic E-state index is 0.0875. The quantitative estimate of drug-likeness (QED) is 0.388. The molecule has 2 aromatic heterocycles. The highest BCUT2D eigenvalue weighted by Gasteiger charge is 2.27. The molecular weight excluding hydrogens is 432 g/mol. The predicted octanol–water partition coefficient (Wildman–Crippen LogP) is 3.71. The molecule has 9 heteroatoms. The normalized spacial score (nSPS) is 10.9. The Balaban J connectivity index is 1.86. The topological polar surface area (TPSA) is 95.9 Å². The lowest BCUT2D eigenvalue weighted by molar-refractivity contribution is -0.115. The fraction of sp³-hybridized carbons (Fsp3) is 0.348. The number of aromatic nitrogens is 1. The van der Waals surface area contributed by atoms with Gasteiger partial charge < -0.3 is 24.1 Å². The summed E-state index contributed by atoms with van der Waals surface area (Å²) in [7, 11) is 3.43. The molecule has 0 aliphatic carbocycles. The Bertz CT molecular complexity index is 1150. The maximum absolute atomic E-state index is 12.9. The molecule has 2 heterocycles. The van der Waals surface area contributed by atoms with Gasteiger partial charge in [-0.1, -0.05) is 18.2 Å². The van der Waals surface area contributed by atoms with Crippen LogP contribution in [0.1, 0.15) is 38.1 Å². The number of rotatable bonds is 9. The van der Waals surface area contributed by atoms with Crippen LogP contribution in [0.25, 0.3) is 10.9 Å². The van der Waals surface area contributed by atoms with E-state index in [0.29, 0.717) is 5.56 Å². The van der Waals surface area contributed by atoms with Crippen LogP contribution in [0, 0.1) is 6.92 Å². The van der Waals surface area contributed by atoms with E-state index in [0.717, 1.165) is 27.8 Å². The Hall–Kier alpha value is -3.17. The number of para-hydroxylation sites is 1. The van der Waals surface area contributed by atoms with E-state index in [-0.39, 0.29) is 47.6 Å². The summed E-state index contributed by atoms with van der Waals surface area (Å²) < 4.78 is 17.2. The third kappa shape index (κ3) is 5.00. The van der Waals surface area contributed by atoms with Crippen molar-refractivity contribution < 1.29 is 28.6 Å². The zero-order chi connectivity index (χ0) is 23.3. The number of hydrogen-bond donors (Lipinski definition) is 1. The molecule has 0 spiro atoms. The van der Waals surface area contributed by atoms with E-state index in [2.05, 4.69) is 5.32 Å². The van der Waals surface area contributed by atoms with E-state index in [9.17, 15) is 14.4 Å². The summed E-state index contributed by atoms with van der Waals surface area (Å²) in [6.45, 7) is 3.85. The monoisotopic (exact) mass is 458 g/mol. The summed E-state index contributed by atoms with van der Waals surface area (Å²) in [5.74, 6) is -1.48. The summed E-state index contributed by atoms with van der Waals surface area (Å²) in [5.41, 5.74) is 2.47. The van der Waals surface area contributed by atoms with Crippen molar-refractivity contribution in [2.24, 2.45) is 7.05 Å². The van der Waals surface area contributed by atoms with Gasteiger partial charge in [-0.2, -0.15) is 0 Å². The average molecular weight is 459 g/mol. The average Bonchev–Trinajstić information content (AvgIpc) is 3.25. The Labute approximate surface area is 190 Å². The van der Waals surface area contributed by atoms with E-state index >= 15 is 0 Å². The van der Waals surface area contributed by atoms with Crippen LogP contribution in [0.4, 0.5) is 5.00 Å². The molecule has 0 saturated carbocycles. The summed E-state index contributed by atoms with van der Waals surface area (Å²) in [6.07, 6.45) is 2.03. The van der Waals surface area contributed by atoms with Gasteiger partial charge in [0.05, 0.1) is 25.2 Å². The first-order chi connectivity index (χ1) is 15.4. The van der Waals surface area contributed by atoms with Crippen LogP contribution in [0.2, 0.25) is 0 Å². The van der Waals surface area contributed by atoms with Gasteiger partial charge in [0, 0.05) is 31.3 Å². The molecule has 170 valence electrons. The molecule has 0 bridgehead atoms. The molecule has 0 aliphatic heterocycles. The molecule has 3 rings (SSSR count). The van der Waals surface area contributed by atoms with Crippen molar-refractivity contribution in [3.05, 3.63) is 52.0 Å². The molecular formula is C23H26N2O6S. The van der Waals surface area contributed by atoms with Crippen LogP contribution in [0.15, 0.2) is 30.5 Å². The van der Waals surface area contributed by atoms with Crippen molar-refractivity contribution >= 4 is 45.1 Å². The van der Waals surface area contributed by atoms with Crippen molar-refractivity contribution in [3.63, 3.8) is 0 Å². The number of amides is 1. The fourth-order valence-electron chi connectivity index (χ4n) is 3.44. The van der Waals surface area contributed by atoms with E-state index in [1.807, 2.05) is 42.1 Å². The zero-order valence-corrected chi connectivity index (χ0v) is 19.3. The molecule has 0 atom stereocenters. The number of nitrogens with one attached hydrogen (secondary N) is 1. The predicted molar refractivity (Wildman–Crippen MR) is 122 cm³/mol. The largest absolute Gasteiger partial charge is 0.462 e. The number of thiophene rings is 1. The SMILES string of the molecule is CCOC(=O)c1c(NC(=O)Cc2cn(C)c3ccccc23)sc(C(=O)OCCOC)c1C. The number of esters is 2. The molecule has 1 amide bonds. The van der Waals surface area contributed by atoms with Crippen LogP contribution in [0.3, 0.4) is 0 Å². The minimum Gasteiger partial charge on any atom is -0.462 e. The van der Waals surface area contributed by atoms with Gasteiger partial charge in [-0.15, -0.1) is 11.3 Å². The van der Waals surface area contributed by atoms with Gasteiger partial charge in [0.2, 0.25) is 5.91 Å². The van der Waals surface area contributed by atoms with Gasteiger partial charge in [-0.25, -0.2) is 9.59 Å². The molecule has 0 fully saturated rings. The second-order valence-corrected chi connectivity index (χ2v) is 8.14. The van der Waals surface area contributed by atoms with Gasteiger partial charge in [0.25, 0.3) is 0 Å². The van der Waals surface area contributed by atoms with Crippen molar-refractivity contribution in [3.8, 4) is 0 Å². The Morgan fingerprint density at radius 1 is 1.09 bits per heavy atom. The summed E-state index contributed by atoms with van der Waals surface area (Å²) in [5, 5.41) is 4.05. The second-order valence-electron chi connectivity index (χ2n) is 7.12. The van der Waals surface area contributed by atoms with Crippen LogP contribution in [-0.2, 0) is 32.5 Å². The smallest absolute Gasteiger partial charge is 0.348 e. The number of fused-ring (bicyclic) bond motifs is 1. The first-order valence-electron chi connectivity index (χ1n) is 10.2. The molecule has 3 aromatic rings. The summed E-state index contributed by atoms with van der Waals surface area (Å²) in [6, 6.07) is 7.82. The van der Waals surface area contributed by atoms with E-state index in [4.69, 9.17) is 14.2 Å². The van der Waals surface area contributed by atoms with Gasteiger partial charge >= 0.3 is 11.9 Å². The Morgan fingerprint density at radius 3 is 2.56 bits per heavy atom. The fourth-order valence-corrected chi connectivity index (χ4v) is 4.54.